The lowest BCUT2D eigenvalue weighted by Crippen LogP contribution is -2.48. The molecular formula is C17H25N3O4S. The van der Waals surface area contributed by atoms with Crippen LogP contribution in [0.3, 0.4) is 0 Å². The number of nitrogens with one attached hydrogen (secondary N) is 2. The summed E-state index contributed by atoms with van der Waals surface area (Å²) in [5, 5.41) is 5.44. The van der Waals surface area contributed by atoms with Crippen molar-refractivity contribution in [3.63, 3.8) is 0 Å². The minimum atomic E-state index is -3.16. The van der Waals surface area contributed by atoms with E-state index < -0.39 is 10.0 Å². The second-order valence-electron chi connectivity index (χ2n) is 6.19. The summed E-state index contributed by atoms with van der Waals surface area (Å²) >= 11 is 0. The van der Waals surface area contributed by atoms with E-state index in [1.165, 1.54) is 4.31 Å². The molecule has 0 unspecified atom stereocenters. The molecule has 2 rings (SSSR count). The fourth-order valence-electron chi connectivity index (χ4n) is 2.71. The highest BCUT2D eigenvalue weighted by Crippen LogP contribution is 2.14. The number of hydrogen-bond donors (Lipinski definition) is 2. The van der Waals surface area contributed by atoms with Crippen LogP contribution in [0, 0.1) is 6.92 Å². The van der Waals surface area contributed by atoms with Crippen LogP contribution < -0.4 is 10.6 Å². The number of amides is 2. The normalized spacial score (nSPS) is 16.4. The molecule has 7 nitrogen and oxygen atoms in total. The third kappa shape index (κ3) is 5.54. The predicted molar refractivity (Wildman–Crippen MR) is 95.7 cm³/mol. The van der Waals surface area contributed by atoms with Gasteiger partial charge in [-0.25, -0.2) is 12.7 Å². The van der Waals surface area contributed by atoms with Gasteiger partial charge >= 0.3 is 0 Å². The van der Waals surface area contributed by atoms with E-state index in [4.69, 9.17) is 0 Å². The Kier molecular flexibility index (Phi) is 6.55. The number of aryl methyl sites for hydroxylation is 1. The zero-order valence-electron chi connectivity index (χ0n) is 14.6. The van der Waals surface area contributed by atoms with Crippen LogP contribution in [0.2, 0.25) is 0 Å². The number of carbonyl (C=O) groups is 2. The van der Waals surface area contributed by atoms with E-state index in [0.717, 1.165) is 5.56 Å². The van der Waals surface area contributed by atoms with Crippen molar-refractivity contribution in [2.45, 2.75) is 32.7 Å². The quantitative estimate of drug-likeness (QED) is 0.772. The minimum Gasteiger partial charge on any atom is -0.352 e. The maximum absolute atomic E-state index is 12.0. The molecule has 138 valence electrons. The average Bonchev–Trinajstić information content (AvgIpc) is 2.61. The van der Waals surface area contributed by atoms with Crippen LogP contribution in [-0.2, 0) is 14.8 Å². The Hall–Kier alpha value is -1.93. The number of piperidine rings is 1. The monoisotopic (exact) mass is 367 g/mol. The maximum atomic E-state index is 12.0. The highest BCUT2D eigenvalue weighted by atomic mass is 32.2. The first-order valence-electron chi connectivity index (χ1n) is 8.44. The summed E-state index contributed by atoms with van der Waals surface area (Å²) in [6.45, 7) is 4.29. The smallest absolute Gasteiger partial charge is 0.251 e. The Bertz CT molecular complexity index is 708. The highest BCUT2D eigenvalue weighted by Gasteiger charge is 2.27. The standard InChI is InChI=1S/C17H25N3O4S/c1-3-25(23,24)20-10-8-15(9-11-20)19-16(21)12-18-17(22)14-6-4-13(2)5-7-14/h4-7,15H,3,8-12H2,1-2H3,(H,18,22)(H,19,21). The van der Waals surface area contributed by atoms with Gasteiger partial charge in [-0.2, -0.15) is 0 Å². The van der Waals surface area contributed by atoms with E-state index in [9.17, 15) is 18.0 Å². The van der Waals surface area contributed by atoms with Gasteiger partial charge in [-0.3, -0.25) is 9.59 Å². The van der Waals surface area contributed by atoms with Gasteiger partial charge in [0.2, 0.25) is 15.9 Å². The van der Waals surface area contributed by atoms with E-state index in [1.807, 2.05) is 19.1 Å². The molecule has 2 amide bonds. The minimum absolute atomic E-state index is 0.0629. The molecule has 8 heteroatoms. The van der Waals surface area contributed by atoms with E-state index in [0.29, 0.717) is 31.5 Å². The van der Waals surface area contributed by atoms with Crippen LogP contribution in [0.4, 0.5) is 0 Å². The van der Waals surface area contributed by atoms with Gasteiger partial charge in [-0.05, 0) is 38.8 Å². The Morgan fingerprint density at radius 2 is 1.76 bits per heavy atom. The molecule has 1 aliphatic heterocycles. The molecule has 1 saturated heterocycles. The Morgan fingerprint density at radius 3 is 2.32 bits per heavy atom. The summed E-state index contributed by atoms with van der Waals surface area (Å²) in [5.74, 6) is -0.467. The number of rotatable bonds is 6. The maximum Gasteiger partial charge on any atom is 0.251 e. The number of carbonyl (C=O) groups excluding carboxylic acids is 2. The van der Waals surface area contributed by atoms with Gasteiger partial charge in [0.05, 0.1) is 12.3 Å². The van der Waals surface area contributed by atoms with Crippen molar-refractivity contribution < 1.29 is 18.0 Å². The van der Waals surface area contributed by atoms with E-state index in [2.05, 4.69) is 10.6 Å². The molecule has 1 aromatic carbocycles. The van der Waals surface area contributed by atoms with E-state index in [1.54, 1.807) is 19.1 Å². The first-order valence-corrected chi connectivity index (χ1v) is 10.0. The van der Waals surface area contributed by atoms with Crippen LogP contribution in [0.1, 0.15) is 35.7 Å². The fraction of sp³-hybridized carbons (Fsp3) is 0.529. The van der Waals surface area contributed by atoms with E-state index >= 15 is 0 Å². The topological polar surface area (TPSA) is 95.6 Å². The fourth-order valence-corrected chi connectivity index (χ4v) is 3.84. The first kappa shape index (κ1) is 19.4. The lowest BCUT2D eigenvalue weighted by molar-refractivity contribution is -0.121. The van der Waals surface area contributed by atoms with Crippen molar-refractivity contribution in [3.05, 3.63) is 35.4 Å². The molecule has 0 aliphatic carbocycles. The molecule has 1 aliphatic rings. The van der Waals surface area contributed by atoms with Gasteiger partial charge in [0, 0.05) is 24.7 Å². The largest absolute Gasteiger partial charge is 0.352 e. The van der Waals surface area contributed by atoms with Crippen molar-refractivity contribution in [3.8, 4) is 0 Å². The van der Waals surface area contributed by atoms with Gasteiger partial charge in [-0.1, -0.05) is 17.7 Å². The zero-order chi connectivity index (χ0) is 18.4. The average molecular weight is 367 g/mol. The molecule has 0 radical (unpaired) electrons. The van der Waals surface area contributed by atoms with Gasteiger partial charge in [-0.15, -0.1) is 0 Å². The predicted octanol–water partition coefficient (Wildman–Crippen LogP) is 0.655. The third-order valence-electron chi connectivity index (χ3n) is 4.30. The van der Waals surface area contributed by atoms with Gasteiger partial charge in [0.15, 0.2) is 0 Å². The lowest BCUT2D eigenvalue weighted by atomic mass is 10.1. The Morgan fingerprint density at radius 1 is 1.16 bits per heavy atom. The summed E-state index contributed by atoms with van der Waals surface area (Å²) in [6, 6.07) is 7.05. The lowest BCUT2D eigenvalue weighted by Gasteiger charge is -2.31. The number of benzene rings is 1. The molecule has 1 aromatic rings. The van der Waals surface area contributed by atoms with Crippen molar-refractivity contribution in [1.82, 2.24) is 14.9 Å². The van der Waals surface area contributed by atoms with Gasteiger partial charge in [0.25, 0.3) is 5.91 Å². The van der Waals surface area contributed by atoms with Crippen molar-refractivity contribution in [2.24, 2.45) is 0 Å². The van der Waals surface area contributed by atoms with Gasteiger partial charge in [0.1, 0.15) is 0 Å². The summed E-state index contributed by atoms with van der Waals surface area (Å²) in [7, 11) is -3.16. The van der Waals surface area contributed by atoms with Crippen molar-refractivity contribution in [2.75, 3.05) is 25.4 Å². The summed E-state index contributed by atoms with van der Waals surface area (Å²) in [5.41, 5.74) is 1.57. The Labute approximate surface area is 148 Å². The molecule has 0 spiro atoms. The molecule has 0 saturated carbocycles. The molecule has 2 N–H and O–H groups in total. The first-order chi connectivity index (χ1) is 11.8. The molecule has 25 heavy (non-hydrogen) atoms. The van der Waals surface area contributed by atoms with Crippen molar-refractivity contribution >= 4 is 21.8 Å². The van der Waals surface area contributed by atoms with E-state index in [-0.39, 0.29) is 30.2 Å². The van der Waals surface area contributed by atoms with Crippen LogP contribution >= 0.6 is 0 Å². The van der Waals surface area contributed by atoms with Crippen LogP contribution in [-0.4, -0.2) is 56.0 Å². The Balaban J connectivity index is 1.74. The summed E-state index contributed by atoms with van der Waals surface area (Å²) < 4.78 is 25.1. The molecule has 0 aromatic heterocycles. The second-order valence-corrected chi connectivity index (χ2v) is 8.45. The molecular weight excluding hydrogens is 342 g/mol. The van der Waals surface area contributed by atoms with Crippen LogP contribution in [0.5, 0.6) is 0 Å². The molecule has 1 fully saturated rings. The van der Waals surface area contributed by atoms with Gasteiger partial charge < -0.3 is 10.6 Å². The molecule has 1 heterocycles. The second kappa shape index (κ2) is 8.44. The number of hydrogen-bond acceptors (Lipinski definition) is 4. The summed E-state index contributed by atoms with van der Waals surface area (Å²) in [4.78, 5) is 24.0. The van der Waals surface area contributed by atoms with Crippen LogP contribution in [0.25, 0.3) is 0 Å². The number of nitrogens with zero attached hydrogens (tertiary/aromatic N) is 1. The highest BCUT2D eigenvalue weighted by molar-refractivity contribution is 7.89. The third-order valence-corrected chi connectivity index (χ3v) is 6.18. The number of sulfonamides is 1. The SMILES string of the molecule is CCS(=O)(=O)N1CCC(NC(=O)CNC(=O)c2ccc(C)cc2)CC1. The molecule has 0 atom stereocenters. The zero-order valence-corrected chi connectivity index (χ0v) is 15.4. The summed E-state index contributed by atoms with van der Waals surface area (Å²) in [6.07, 6.45) is 1.16. The molecule has 0 bridgehead atoms. The van der Waals surface area contributed by atoms with Crippen molar-refractivity contribution in [1.29, 1.82) is 0 Å². The van der Waals surface area contributed by atoms with Crippen LogP contribution in [0.15, 0.2) is 24.3 Å².